The van der Waals surface area contributed by atoms with Crippen molar-refractivity contribution in [3.8, 4) is 5.75 Å². The molecular formula is C15H13ClFNO. The van der Waals surface area contributed by atoms with E-state index in [9.17, 15) is 9.50 Å². The largest absolute Gasteiger partial charge is 0.508 e. The fourth-order valence-electron chi connectivity index (χ4n) is 2.57. The number of hydrogen-bond acceptors (Lipinski definition) is 2. The molecular weight excluding hydrogens is 265 g/mol. The van der Waals surface area contributed by atoms with E-state index in [2.05, 4.69) is 5.32 Å². The number of hydrogen-bond donors (Lipinski definition) is 2. The molecule has 3 rings (SSSR count). The van der Waals surface area contributed by atoms with Gasteiger partial charge in [0.05, 0.1) is 6.04 Å². The van der Waals surface area contributed by atoms with Crippen molar-refractivity contribution >= 4 is 11.6 Å². The van der Waals surface area contributed by atoms with E-state index in [0.717, 1.165) is 29.7 Å². The van der Waals surface area contributed by atoms with Crippen molar-refractivity contribution in [2.45, 2.75) is 12.5 Å². The summed E-state index contributed by atoms with van der Waals surface area (Å²) in [7, 11) is 0. The highest BCUT2D eigenvalue weighted by Crippen LogP contribution is 2.35. The standard InChI is InChI=1S/C15H13ClFNO/c16-10-1-4-14(19)13(8-10)15-12-3-2-11(17)7-9(12)5-6-18-15/h1-4,7-8,15,18-19H,5-6H2. The van der Waals surface area contributed by atoms with E-state index in [1.165, 1.54) is 6.07 Å². The van der Waals surface area contributed by atoms with Crippen LogP contribution in [0.15, 0.2) is 36.4 Å². The van der Waals surface area contributed by atoms with Gasteiger partial charge in [0.1, 0.15) is 11.6 Å². The molecule has 0 bridgehead atoms. The van der Waals surface area contributed by atoms with Crippen molar-refractivity contribution in [3.05, 3.63) is 63.9 Å². The van der Waals surface area contributed by atoms with Crippen molar-refractivity contribution in [1.82, 2.24) is 5.32 Å². The Labute approximate surface area is 115 Å². The highest BCUT2D eigenvalue weighted by atomic mass is 35.5. The van der Waals surface area contributed by atoms with E-state index in [0.29, 0.717) is 5.02 Å². The van der Waals surface area contributed by atoms with Gasteiger partial charge in [-0.15, -0.1) is 0 Å². The molecule has 2 N–H and O–H groups in total. The van der Waals surface area contributed by atoms with Gasteiger partial charge >= 0.3 is 0 Å². The second kappa shape index (κ2) is 4.83. The number of phenols is 1. The van der Waals surface area contributed by atoms with Crippen LogP contribution in [0.25, 0.3) is 0 Å². The van der Waals surface area contributed by atoms with Gasteiger partial charge in [0.2, 0.25) is 0 Å². The molecule has 1 heterocycles. The van der Waals surface area contributed by atoms with Crippen LogP contribution in [0.3, 0.4) is 0 Å². The Morgan fingerprint density at radius 2 is 2.00 bits per heavy atom. The molecule has 2 aromatic rings. The van der Waals surface area contributed by atoms with Crippen LogP contribution in [0.1, 0.15) is 22.7 Å². The van der Waals surface area contributed by atoms with Crippen LogP contribution in [0.4, 0.5) is 4.39 Å². The molecule has 1 aliphatic rings. The molecule has 0 aliphatic carbocycles. The summed E-state index contributed by atoms with van der Waals surface area (Å²) in [5, 5.41) is 13.9. The second-order valence-electron chi connectivity index (χ2n) is 4.68. The Morgan fingerprint density at radius 1 is 1.16 bits per heavy atom. The predicted octanol–water partition coefficient (Wildman–Crippen LogP) is 3.42. The molecule has 1 unspecified atom stereocenters. The van der Waals surface area contributed by atoms with Crippen LogP contribution in [0.5, 0.6) is 5.75 Å². The topological polar surface area (TPSA) is 32.3 Å². The summed E-state index contributed by atoms with van der Waals surface area (Å²) in [6, 6.07) is 9.59. The van der Waals surface area contributed by atoms with Crippen LogP contribution in [-0.2, 0) is 6.42 Å². The Kier molecular flexibility index (Phi) is 3.17. The first-order valence-electron chi connectivity index (χ1n) is 6.15. The van der Waals surface area contributed by atoms with Gasteiger partial charge in [-0.1, -0.05) is 17.7 Å². The van der Waals surface area contributed by atoms with Gasteiger partial charge in [0.15, 0.2) is 0 Å². The minimum Gasteiger partial charge on any atom is -0.508 e. The molecule has 4 heteroatoms. The fourth-order valence-corrected chi connectivity index (χ4v) is 2.75. The number of rotatable bonds is 1. The smallest absolute Gasteiger partial charge is 0.123 e. The van der Waals surface area contributed by atoms with Gasteiger partial charge in [-0.25, -0.2) is 4.39 Å². The minimum atomic E-state index is -0.227. The first-order chi connectivity index (χ1) is 9.15. The van der Waals surface area contributed by atoms with Crippen molar-refractivity contribution in [2.24, 2.45) is 0 Å². The van der Waals surface area contributed by atoms with E-state index < -0.39 is 0 Å². The Hall–Kier alpha value is -1.58. The quantitative estimate of drug-likeness (QED) is 0.837. The molecule has 0 amide bonds. The Balaban J connectivity index is 2.11. The summed E-state index contributed by atoms with van der Waals surface area (Å²) in [6.45, 7) is 0.743. The molecule has 1 atom stereocenters. The van der Waals surface area contributed by atoms with Crippen molar-refractivity contribution in [2.75, 3.05) is 6.54 Å². The second-order valence-corrected chi connectivity index (χ2v) is 5.12. The lowest BCUT2D eigenvalue weighted by Crippen LogP contribution is -2.30. The number of phenolic OH excluding ortho intramolecular Hbond substituents is 1. The van der Waals surface area contributed by atoms with Crippen LogP contribution >= 0.6 is 11.6 Å². The summed E-state index contributed by atoms with van der Waals surface area (Å²) in [5.74, 6) is -0.0335. The maximum Gasteiger partial charge on any atom is 0.123 e. The third kappa shape index (κ3) is 2.31. The lowest BCUT2D eigenvalue weighted by Gasteiger charge is -2.28. The number of halogens is 2. The molecule has 0 aromatic heterocycles. The zero-order valence-corrected chi connectivity index (χ0v) is 10.9. The summed E-state index contributed by atoms with van der Waals surface area (Å²) >= 11 is 5.99. The van der Waals surface area contributed by atoms with E-state index in [-0.39, 0.29) is 17.6 Å². The number of nitrogens with one attached hydrogen (secondary N) is 1. The Morgan fingerprint density at radius 3 is 2.84 bits per heavy atom. The average molecular weight is 278 g/mol. The van der Waals surface area contributed by atoms with Gasteiger partial charge in [0.25, 0.3) is 0 Å². The predicted molar refractivity (Wildman–Crippen MR) is 73.1 cm³/mol. The molecule has 19 heavy (non-hydrogen) atoms. The van der Waals surface area contributed by atoms with Crippen molar-refractivity contribution in [3.63, 3.8) is 0 Å². The number of aromatic hydroxyl groups is 1. The van der Waals surface area contributed by atoms with Gasteiger partial charge in [0, 0.05) is 17.1 Å². The highest BCUT2D eigenvalue weighted by molar-refractivity contribution is 6.30. The zero-order chi connectivity index (χ0) is 13.4. The summed E-state index contributed by atoms with van der Waals surface area (Å²) in [5.41, 5.74) is 2.69. The zero-order valence-electron chi connectivity index (χ0n) is 10.2. The number of fused-ring (bicyclic) bond motifs is 1. The first kappa shape index (κ1) is 12.5. The molecule has 0 spiro atoms. The van der Waals surface area contributed by atoms with E-state index in [1.807, 2.05) is 0 Å². The molecule has 0 radical (unpaired) electrons. The summed E-state index contributed by atoms with van der Waals surface area (Å²) in [4.78, 5) is 0. The maximum absolute atomic E-state index is 13.3. The monoisotopic (exact) mass is 277 g/mol. The lowest BCUT2D eigenvalue weighted by atomic mass is 9.89. The van der Waals surface area contributed by atoms with E-state index >= 15 is 0 Å². The molecule has 0 saturated carbocycles. The molecule has 98 valence electrons. The van der Waals surface area contributed by atoms with Crippen LogP contribution in [0.2, 0.25) is 5.02 Å². The third-order valence-electron chi connectivity index (χ3n) is 3.46. The van der Waals surface area contributed by atoms with Gasteiger partial charge in [-0.2, -0.15) is 0 Å². The van der Waals surface area contributed by atoms with E-state index in [4.69, 9.17) is 11.6 Å². The summed E-state index contributed by atoms with van der Waals surface area (Å²) < 4.78 is 13.3. The number of benzene rings is 2. The minimum absolute atomic E-state index is 0.150. The lowest BCUT2D eigenvalue weighted by molar-refractivity contribution is 0.453. The first-order valence-corrected chi connectivity index (χ1v) is 6.53. The third-order valence-corrected chi connectivity index (χ3v) is 3.69. The highest BCUT2D eigenvalue weighted by Gasteiger charge is 2.23. The molecule has 1 aliphatic heterocycles. The van der Waals surface area contributed by atoms with Crippen LogP contribution in [-0.4, -0.2) is 11.7 Å². The van der Waals surface area contributed by atoms with Gasteiger partial charge in [-0.3, -0.25) is 0 Å². The molecule has 2 nitrogen and oxygen atoms in total. The van der Waals surface area contributed by atoms with Crippen molar-refractivity contribution in [1.29, 1.82) is 0 Å². The molecule has 2 aromatic carbocycles. The average Bonchev–Trinajstić information content (AvgIpc) is 2.40. The molecule has 0 saturated heterocycles. The van der Waals surface area contributed by atoms with Gasteiger partial charge in [-0.05, 0) is 47.9 Å². The van der Waals surface area contributed by atoms with Gasteiger partial charge < -0.3 is 10.4 Å². The van der Waals surface area contributed by atoms with Crippen LogP contribution < -0.4 is 5.32 Å². The summed E-state index contributed by atoms with van der Waals surface area (Å²) in [6.07, 6.45) is 0.783. The Bertz CT molecular complexity index is 630. The SMILES string of the molecule is Oc1ccc(Cl)cc1C1NCCc2cc(F)ccc21. The normalized spacial score (nSPS) is 18.1. The molecule has 0 fully saturated rings. The maximum atomic E-state index is 13.3. The van der Waals surface area contributed by atoms with Crippen molar-refractivity contribution < 1.29 is 9.50 Å². The fraction of sp³-hybridized carbons (Fsp3) is 0.200. The van der Waals surface area contributed by atoms with E-state index in [1.54, 1.807) is 30.3 Å². The van der Waals surface area contributed by atoms with Crippen LogP contribution in [0, 0.1) is 5.82 Å².